The summed E-state index contributed by atoms with van der Waals surface area (Å²) in [7, 11) is 1.88. The zero-order valence-corrected chi connectivity index (χ0v) is 21.9. The highest BCUT2D eigenvalue weighted by molar-refractivity contribution is 5.87. The van der Waals surface area contributed by atoms with E-state index in [1.54, 1.807) is 12.3 Å². The van der Waals surface area contributed by atoms with Gasteiger partial charge in [-0.05, 0) is 89.1 Å². The summed E-state index contributed by atoms with van der Waals surface area (Å²) >= 11 is 0. The fraction of sp³-hybridized carbons (Fsp3) is 0.481. The SMILES string of the molecule is CNC1(C(=O)N2CCC(c3cc(F)c(Nc4ncc(C)c(Nc5cc(C)[nH]n5)n4)cc3C)CC2)CCC1. The van der Waals surface area contributed by atoms with Crippen molar-refractivity contribution in [2.75, 3.05) is 30.8 Å². The minimum absolute atomic E-state index is 0.219. The van der Waals surface area contributed by atoms with Gasteiger partial charge in [-0.2, -0.15) is 10.1 Å². The van der Waals surface area contributed by atoms with E-state index in [0.29, 0.717) is 36.4 Å². The van der Waals surface area contributed by atoms with Crippen LogP contribution in [-0.4, -0.2) is 56.6 Å². The number of nitrogens with one attached hydrogen (secondary N) is 4. The number of carbonyl (C=O) groups excluding carboxylic acids is 1. The van der Waals surface area contributed by atoms with E-state index in [2.05, 4.69) is 36.1 Å². The number of rotatable bonds is 7. The van der Waals surface area contributed by atoms with Gasteiger partial charge >= 0.3 is 0 Å². The topological polar surface area (TPSA) is 111 Å². The van der Waals surface area contributed by atoms with Gasteiger partial charge in [-0.15, -0.1) is 0 Å². The molecule has 1 amide bonds. The Morgan fingerprint density at radius 1 is 1.11 bits per heavy atom. The smallest absolute Gasteiger partial charge is 0.242 e. The van der Waals surface area contributed by atoms with Gasteiger partial charge in [0.05, 0.1) is 11.2 Å². The Hall–Kier alpha value is -3.53. The molecule has 2 aliphatic rings. The van der Waals surface area contributed by atoms with E-state index in [-0.39, 0.29) is 23.2 Å². The molecule has 0 unspecified atom stereocenters. The third-order valence-corrected chi connectivity index (χ3v) is 7.84. The number of carbonyl (C=O) groups is 1. The number of halogens is 1. The van der Waals surface area contributed by atoms with Crippen LogP contribution in [0.15, 0.2) is 24.4 Å². The normalized spacial score (nSPS) is 17.4. The van der Waals surface area contributed by atoms with Crippen molar-refractivity contribution in [3.05, 3.63) is 52.6 Å². The van der Waals surface area contributed by atoms with Crippen molar-refractivity contribution >= 4 is 29.2 Å². The number of hydrogen-bond acceptors (Lipinski definition) is 7. The molecular weight excluding hydrogens is 471 g/mol. The largest absolute Gasteiger partial charge is 0.341 e. The van der Waals surface area contributed by atoms with Crippen LogP contribution in [0.2, 0.25) is 0 Å². The lowest BCUT2D eigenvalue weighted by Gasteiger charge is -2.45. The van der Waals surface area contributed by atoms with E-state index in [1.165, 1.54) is 0 Å². The van der Waals surface area contributed by atoms with Crippen molar-refractivity contribution in [2.24, 2.45) is 0 Å². The van der Waals surface area contributed by atoms with Crippen molar-refractivity contribution in [3.63, 3.8) is 0 Å². The summed E-state index contributed by atoms with van der Waals surface area (Å²) in [4.78, 5) is 23.9. The Kier molecular flexibility index (Phi) is 6.85. The fourth-order valence-corrected chi connectivity index (χ4v) is 5.38. The molecule has 2 aromatic heterocycles. The first-order chi connectivity index (χ1) is 17.8. The lowest BCUT2D eigenvalue weighted by molar-refractivity contribution is -0.143. The molecule has 0 atom stereocenters. The summed E-state index contributed by atoms with van der Waals surface area (Å²) in [6.07, 6.45) is 6.27. The molecular formula is C27H35FN8O. The van der Waals surface area contributed by atoms with Crippen LogP contribution in [0.1, 0.15) is 60.4 Å². The number of likely N-dealkylation sites (tertiary alicyclic amines) is 1. The van der Waals surface area contributed by atoms with E-state index >= 15 is 4.39 Å². The summed E-state index contributed by atoms with van der Waals surface area (Å²) in [5.41, 5.74) is 3.76. The van der Waals surface area contributed by atoms with E-state index in [1.807, 2.05) is 44.9 Å². The monoisotopic (exact) mass is 506 g/mol. The molecule has 4 N–H and O–H groups in total. The average molecular weight is 507 g/mol. The molecule has 0 spiro atoms. The van der Waals surface area contributed by atoms with Gasteiger partial charge < -0.3 is 20.9 Å². The predicted molar refractivity (Wildman–Crippen MR) is 142 cm³/mol. The van der Waals surface area contributed by atoms with Crippen molar-refractivity contribution < 1.29 is 9.18 Å². The second-order valence-electron chi connectivity index (χ2n) is 10.4. The lowest BCUT2D eigenvalue weighted by atomic mass is 9.75. The summed E-state index contributed by atoms with van der Waals surface area (Å²) in [5, 5.41) is 16.5. The quantitative estimate of drug-likeness (QED) is 0.371. The van der Waals surface area contributed by atoms with Crippen LogP contribution >= 0.6 is 0 Å². The van der Waals surface area contributed by atoms with Gasteiger partial charge in [0.25, 0.3) is 0 Å². The number of aromatic nitrogens is 4. The summed E-state index contributed by atoms with van der Waals surface area (Å²) in [5.74, 6) is 1.65. The minimum atomic E-state index is -0.368. The van der Waals surface area contributed by atoms with Gasteiger partial charge in [-0.3, -0.25) is 9.89 Å². The summed E-state index contributed by atoms with van der Waals surface area (Å²) in [6.45, 7) is 7.23. The van der Waals surface area contributed by atoms with Gasteiger partial charge in [-0.25, -0.2) is 9.37 Å². The third-order valence-electron chi connectivity index (χ3n) is 7.84. The van der Waals surface area contributed by atoms with Gasteiger partial charge in [0, 0.05) is 36.6 Å². The molecule has 1 aliphatic carbocycles. The molecule has 1 aliphatic heterocycles. The van der Waals surface area contributed by atoms with E-state index in [0.717, 1.165) is 54.5 Å². The molecule has 2 fully saturated rings. The molecule has 37 heavy (non-hydrogen) atoms. The summed E-state index contributed by atoms with van der Waals surface area (Å²) < 4.78 is 15.2. The lowest BCUT2D eigenvalue weighted by Crippen LogP contribution is -2.61. The maximum absolute atomic E-state index is 15.2. The van der Waals surface area contributed by atoms with Crippen LogP contribution in [0.4, 0.5) is 27.7 Å². The highest BCUT2D eigenvalue weighted by Crippen LogP contribution is 2.37. The number of nitrogens with zero attached hydrogens (tertiary/aromatic N) is 4. The second-order valence-corrected chi connectivity index (χ2v) is 10.4. The standard InChI is InChI=1S/C27H35FN8O/c1-16-12-22(31-26-30-15-17(2)24(33-26)32-23-13-18(3)34-35-23)21(28)14-20(16)19-6-10-36(11-7-19)25(37)27(29-4)8-5-9-27/h12-15,19,29H,5-11H2,1-4H3,(H3,30,31,32,33,34,35). The first-order valence-corrected chi connectivity index (χ1v) is 13.0. The number of aryl methyl sites for hydroxylation is 3. The highest BCUT2D eigenvalue weighted by atomic mass is 19.1. The maximum atomic E-state index is 15.2. The molecule has 1 saturated heterocycles. The Balaban J connectivity index is 1.26. The Morgan fingerprint density at radius 3 is 2.49 bits per heavy atom. The molecule has 3 heterocycles. The number of piperidine rings is 1. The second kappa shape index (κ2) is 10.1. The molecule has 1 saturated carbocycles. The molecule has 196 valence electrons. The first kappa shape index (κ1) is 25.1. The van der Waals surface area contributed by atoms with Crippen LogP contribution < -0.4 is 16.0 Å². The number of anilines is 4. The Bertz CT molecular complexity index is 1290. The molecule has 5 rings (SSSR count). The van der Waals surface area contributed by atoms with Crippen molar-refractivity contribution in [1.29, 1.82) is 0 Å². The number of H-pyrrole nitrogens is 1. The number of likely N-dealkylation sites (N-methyl/N-ethyl adjacent to an activating group) is 1. The maximum Gasteiger partial charge on any atom is 0.242 e. The summed E-state index contributed by atoms with van der Waals surface area (Å²) in [6, 6.07) is 5.32. The zero-order chi connectivity index (χ0) is 26.2. The van der Waals surface area contributed by atoms with Crippen LogP contribution in [0.3, 0.4) is 0 Å². The third kappa shape index (κ3) is 5.02. The molecule has 3 aromatic rings. The first-order valence-electron chi connectivity index (χ1n) is 13.0. The minimum Gasteiger partial charge on any atom is -0.341 e. The van der Waals surface area contributed by atoms with Gasteiger partial charge in [-0.1, -0.05) is 0 Å². The van der Waals surface area contributed by atoms with Crippen molar-refractivity contribution in [1.82, 2.24) is 30.4 Å². The Labute approximate surface area is 216 Å². The van der Waals surface area contributed by atoms with Crippen LogP contribution in [0.25, 0.3) is 0 Å². The molecule has 1 aromatic carbocycles. The van der Waals surface area contributed by atoms with Crippen LogP contribution in [-0.2, 0) is 4.79 Å². The number of aromatic amines is 1. The van der Waals surface area contributed by atoms with Crippen LogP contribution in [0.5, 0.6) is 0 Å². The molecule has 0 radical (unpaired) electrons. The van der Waals surface area contributed by atoms with Crippen molar-refractivity contribution in [2.45, 2.75) is 64.3 Å². The Morgan fingerprint density at radius 2 is 1.86 bits per heavy atom. The van der Waals surface area contributed by atoms with E-state index in [9.17, 15) is 4.79 Å². The van der Waals surface area contributed by atoms with E-state index in [4.69, 9.17) is 0 Å². The van der Waals surface area contributed by atoms with E-state index < -0.39 is 0 Å². The molecule has 0 bridgehead atoms. The van der Waals surface area contributed by atoms with Gasteiger partial charge in [0.2, 0.25) is 11.9 Å². The molecule has 9 nitrogen and oxygen atoms in total. The molecule has 10 heteroatoms. The average Bonchev–Trinajstić information content (AvgIpc) is 3.27. The zero-order valence-electron chi connectivity index (χ0n) is 21.9. The van der Waals surface area contributed by atoms with Crippen molar-refractivity contribution in [3.8, 4) is 0 Å². The fourth-order valence-electron chi connectivity index (χ4n) is 5.38. The van der Waals surface area contributed by atoms with Gasteiger partial charge in [0.1, 0.15) is 11.6 Å². The highest BCUT2D eigenvalue weighted by Gasteiger charge is 2.45. The van der Waals surface area contributed by atoms with Gasteiger partial charge in [0.15, 0.2) is 5.82 Å². The number of benzene rings is 1. The van der Waals surface area contributed by atoms with Crippen LogP contribution in [0, 0.1) is 26.6 Å². The predicted octanol–water partition coefficient (Wildman–Crippen LogP) is 4.60. The number of amides is 1. The number of hydrogen-bond donors (Lipinski definition) is 4.